The number of benzene rings is 1. The van der Waals surface area contributed by atoms with Crippen LogP contribution in [0.15, 0.2) is 24.3 Å². The molecule has 1 saturated heterocycles. The number of rotatable bonds is 2. The van der Waals surface area contributed by atoms with Gasteiger partial charge >= 0.3 is 0 Å². The standard InChI is InChI=1S/C15H17F4N/c16-13(17)11-3-1-10(2-4-11)12-7-14(5-6-20-12)8-15(18,19)9-14/h1-4,12-13,20H,5-9H2/t12-/m1/s1. The Bertz CT molecular complexity index is 475. The van der Waals surface area contributed by atoms with Crippen LogP contribution in [0, 0.1) is 5.41 Å². The van der Waals surface area contributed by atoms with Gasteiger partial charge in [-0.1, -0.05) is 24.3 Å². The van der Waals surface area contributed by atoms with Crippen molar-refractivity contribution < 1.29 is 17.6 Å². The van der Waals surface area contributed by atoms with Crippen molar-refractivity contribution in [3.05, 3.63) is 35.4 Å². The van der Waals surface area contributed by atoms with E-state index < -0.39 is 12.3 Å². The lowest BCUT2D eigenvalue weighted by Gasteiger charge is -2.52. The average molecular weight is 287 g/mol. The highest BCUT2D eigenvalue weighted by Crippen LogP contribution is 2.58. The molecule has 2 aliphatic rings. The fourth-order valence-corrected chi connectivity index (χ4v) is 3.59. The molecule has 1 aromatic carbocycles. The highest BCUT2D eigenvalue weighted by atomic mass is 19.3. The Kier molecular flexibility index (Phi) is 3.27. The van der Waals surface area contributed by atoms with Crippen molar-refractivity contribution in [2.24, 2.45) is 5.41 Å². The topological polar surface area (TPSA) is 12.0 Å². The predicted octanol–water partition coefficient (Wildman–Crippen LogP) is 4.46. The van der Waals surface area contributed by atoms with Crippen LogP contribution < -0.4 is 5.32 Å². The van der Waals surface area contributed by atoms with Crippen molar-refractivity contribution in [1.29, 1.82) is 0 Å². The summed E-state index contributed by atoms with van der Waals surface area (Å²) in [5.41, 5.74) is 0.638. The Morgan fingerprint density at radius 1 is 1.10 bits per heavy atom. The summed E-state index contributed by atoms with van der Waals surface area (Å²) in [6.45, 7) is 0.706. The van der Waals surface area contributed by atoms with E-state index >= 15 is 0 Å². The molecule has 1 aliphatic heterocycles. The molecule has 0 radical (unpaired) electrons. The van der Waals surface area contributed by atoms with Crippen molar-refractivity contribution in [2.45, 2.75) is 44.1 Å². The monoisotopic (exact) mass is 287 g/mol. The van der Waals surface area contributed by atoms with Crippen LogP contribution in [-0.2, 0) is 0 Å². The number of hydrogen-bond donors (Lipinski definition) is 1. The van der Waals surface area contributed by atoms with Gasteiger partial charge in [0.25, 0.3) is 6.43 Å². The molecule has 20 heavy (non-hydrogen) atoms. The molecule has 1 atom stereocenters. The summed E-state index contributed by atoms with van der Waals surface area (Å²) >= 11 is 0. The predicted molar refractivity (Wildman–Crippen MR) is 68.0 cm³/mol. The average Bonchev–Trinajstić information content (AvgIpc) is 2.36. The number of alkyl halides is 4. The lowest BCUT2D eigenvalue weighted by Crippen LogP contribution is -2.52. The van der Waals surface area contributed by atoms with Gasteiger partial charge < -0.3 is 5.32 Å². The van der Waals surface area contributed by atoms with Crippen molar-refractivity contribution in [3.8, 4) is 0 Å². The van der Waals surface area contributed by atoms with E-state index in [-0.39, 0.29) is 29.9 Å². The van der Waals surface area contributed by atoms with Crippen LogP contribution in [0.1, 0.15) is 49.3 Å². The minimum absolute atomic E-state index is 0.00514. The van der Waals surface area contributed by atoms with Crippen molar-refractivity contribution in [2.75, 3.05) is 6.54 Å². The molecule has 0 bridgehead atoms. The van der Waals surface area contributed by atoms with E-state index in [1.807, 2.05) is 0 Å². The molecular weight excluding hydrogens is 270 g/mol. The zero-order valence-corrected chi connectivity index (χ0v) is 11.0. The third-order valence-corrected chi connectivity index (χ3v) is 4.54. The molecule has 1 N–H and O–H groups in total. The van der Waals surface area contributed by atoms with Crippen LogP contribution in [0.3, 0.4) is 0 Å². The number of piperidine rings is 1. The normalized spacial score (nSPS) is 27.6. The van der Waals surface area contributed by atoms with E-state index in [0.29, 0.717) is 13.0 Å². The molecule has 0 unspecified atom stereocenters. The lowest BCUT2D eigenvalue weighted by molar-refractivity contribution is -0.174. The Morgan fingerprint density at radius 3 is 2.30 bits per heavy atom. The minimum Gasteiger partial charge on any atom is -0.310 e. The zero-order chi connectivity index (χ0) is 14.4. The van der Waals surface area contributed by atoms with E-state index in [9.17, 15) is 17.6 Å². The largest absolute Gasteiger partial charge is 0.310 e. The van der Waals surface area contributed by atoms with Gasteiger partial charge in [0.05, 0.1) is 0 Å². The van der Waals surface area contributed by atoms with Crippen LogP contribution in [0.2, 0.25) is 0 Å². The number of hydrogen-bond acceptors (Lipinski definition) is 1. The summed E-state index contributed by atoms with van der Waals surface area (Å²) in [7, 11) is 0. The quantitative estimate of drug-likeness (QED) is 0.792. The zero-order valence-electron chi connectivity index (χ0n) is 11.0. The summed E-state index contributed by atoms with van der Waals surface area (Å²) in [4.78, 5) is 0. The molecule has 1 heterocycles. The van der Waals surface area contributed by atoms with E-state index in [1.165, 1.54) is 12.1 Å². The van der Waals surface area contributed by atoms with E-state index in [1.54, 1.807) is 12.1 Å². The van der Waals surface area contributed by atoms with Crippen molar-refractivity contribution in [3.63, 3.8) is 0 Å². The van der Waals surface area contributed by atoms with Gasteiger partial charge in [0.15, 0.2) is 0 Å². The Hall–Kier alpha value is -1.10. The van der Waals surface area contributed by atoms with E-state index in [0.717, 1.165) is 12.0 Å². The minimum atomic E-state index is -2.51. The Balaban J connectivity index is 1.71. The fourth-order valence-electron chi connectivity index (χ4n) is 3.59. The van der Waals surface area contributed by atoms with Crippen LogP contribution in [0.25, 0.3) is 0 Å². The molecule has 1 nitrogen and oxygen atoms in total. The molecular formula is C15H17F4N. The first kappa shape index (κ1) is 13.9. The third kappa shape index (κ3) is 2.55. The number of nitrogens with one attached hydrogen (secondary N) is 1. The lowest BCUT2D eigenvalue weighted by atomic mass is 9.59. The summed E-state index contributed by atoms with van der Waals surface area (Å²) in [6.07, 6.45) is -1.11. The summed E-state index contributed by atoms with van der Waals surface area (Å²) in [5.74, 6) is -2.51. The van der Waals surface area contributed by atoms with Gasteiger partial charge in [-0.3, -0.25) is 0 Å². The highest BCUT2D eigenvalue weighted by molar-refractivity contribution is 5.27. The maximum atomic E-state index is 13.1. The molecule has 3 rings (SSSR count). The van der Waals surface area contributed by atoms with Gasteiger partial charge in [-0.2, -0.15) is 0 Å². The van der Waals surface area contributed by atoms with Crippen LogP contribution in [-0.4, -0.2) is 12.5 Å². The first-order chi connectivity index (χ1) is 9.39. The first-order valence-electron chi connectivity index (χ1n) is 6.88. The van der Waals surface area contributed by atoms with Crippen molar-refractivity contribution in [1.82, 2.24) is 5.32 Å². The molecule has 0 amide bonds. The summed E-state index contributed by atoms with van der Waals surface area (Å²) < 4.78 is 51.3. The second-order valence-corrected chi connectivity index (χ2v) is 6.14. The maximum Gasteiger partial charge on any atom is 0.263 e. The maximum absolute atomic E-state index is 13.1. The molecule has 1 spiro atoms. The number of halogens is 4. The second-order valence-electron chi connectivity index (χ2n) is 6.14. The smallest absolute Gasteiger partial charge is 0.263 e. The van der Waals surface area contributed by atoms with Gasteiger partial charge in [0, 0.05) is 24.4 Å². The molecule has 1 saturated carbocycles. The van der Waals surface area contributed by atoms with E-state index in [2.05, 4.69) is 5.32 Å². The molecule has 110 valence electrons. The summed E-state index contributed by atoms with van der Waals surface area (Å²) in [5, 5.41) is 3.30. The molecule has 5 heteroatoms. The van der Waals surface area contributed by atoms with Gasteiger partial charge in [0.2, 0.25) is 5.92 Å². The molecule has 0 aromatic heterocycles. The van der Waals surface area contributed by atoms with Gasteiger partial charge in [-0.05, 0) is 30.4 Å². The molecule has 1 aliphatic carbocycles. The van der Waals surface area contributed by atoms with Crippen molar-refractivity contribution >= 4 is 0 Å². The van der Waals surface area contributed by atoms with Gasteiger partial charge in [-0.25, -0.2) is 17.6 Å². The molecule has 2 fully saturated rings. The third-order valence-electron chi connectivity index (χ3n) is 4.54. The SMILES string of the molecule is FC(F)c1ccc([C@H]2CC3(CCN2)CC(F)(F)C3)cc1. The Labute approximate surface area is 115 Å². The van der Waals surface area contributed by atoms with Crippen LogP contribution in [0.5, 0.6) is 0 Å². The summed E-state index contributed by atoms with van der Waals surface area (Å²) in [6, 6.07) is 6.17. The highest BCUT2D eigenvalue weighted by Gasteiger charge is 2.57. The second kappa shape index (κ2) is 4.72. The fraction of sp³-hybridized carbons (Fsp3) is 0.600. The Morgan fingerprint density at radius 2 is 1.75 bits per heavy atom. The molecule has 1 aromatic rings. The van der Waals surface area contributed by atoms with Crippen LogP contribution >= 0.6 is 0 Å². The first-order valence-corrected chi connectivity index (χ1v) is 6.88. The van der Waals surface area contributed by atoms with Gasteiger partial charge in [-0.15, -0.1) is 0 Å². The van der Waals surface area contributed by atoms with Gasteiger partial charge in [0.1, 0.15) is 0 Å². The van der Waals surface area contributed by atoms with Crippen LogP contribution in [0.4, 0.5) is 17.6 Å². The van der Waals surface area contributed by atoms with E-state index in [4.69, 9.17) is 0 Å².